The van der Waals surface area contributed by atoms with Gasteiger partial charge in [0.25, 0.3) is 0 Å². The zero-order valence-electron chi connectivity index (χ0n) is 31.5. The molecule has 0 N–H and O–H groups in total. The molecule has 1 spiro atoms. The van der Waals surface area contributed by atoms with Crippen LogP contribution in [0.1, 0.15) is 22.3 Å². The van der Waals surface area contributed by atoms with Crippen molar-refractivity contribution in [2.45, 2.75) is 5.41 Å². The Morgan fingerprint density at radius 2 is 0.879 bits per heavy atom. The number of fused-ring (bicyclic) bond motifs is 18. The highest BCUT2D eigenvalue weighted by molar-refractivity contribution is 6.22. The molecule has 0 unspecified atom stereocenters. The molecule has 0 saturated carbocycles. The van der Waals surface area contributed by atoms with E-state index in [-0.39, 0.29) is 0 Å². The van der Waals surface area contributed by atoms with Gasteiger partial charge in [0.15, 0.2) is 0 Å². The fourth-order valence-corrected chi connectivity index (χ4v) is 10.8. The third kappa shape index (κ3) is 4.03. The molecule has 1 heterocycles. The van der Waals surface area contributed by atoms with Crippen molar-refractivity contribution in [2.75, 3.05) is 0 Å². The first kappa shape index (κ1) is 31.6. The highest BCUT2D eigenvalue weighted by Crippen LogP contribution is 2.67. The fourth-order valence-electron chi connectivity index (χ4n) is 10.8. The van der Waals surface area contributed by atoms with Gasteiger partial charge in [-0.05, 0) is 118 Å². The van der Waals surface area contributed by atoms with E-state index in [1.807, 2.05) is 0 Å². The summed E-state index contributed by atoms with van der Waals surface area (Å²) in [6.45, 7) is 0. The summed E-state index contributed by atoms with van der Waals surface area (Å²) in [7, 11) is 0. The lowest BCUT2D eigenvalue weighted by Crippen LogP contribution is -2.26. The predicted molar refractivity (Wildman–Crippen MR) is 241 cm³/mol. The van der Waals surface area contributed by atoms with Crippen LogP contribution in [0.2, 0.25) is 0 Å². The minimum absolute atomic E-state index is 0.500. The number of hydrogen-bond donors (Lipinski definition) is 0. The number of nitrogens with zero attached hydrogens (tertiary/aromatic N) is 2. The molecule has 2 aliphatic rings. The first-order valence-electron chi connectivity index (χ1n) is 20.1. The van der Waals surface area contributed by atoms with Crippen LogP contribution in [0.4, 0.5) is 0 Å². The summed E-state index contributed by atoms with van der Waals surface area (Å²) in [5, 5.41) is 7.75. The van der Waals surface area contributed by atoms with E-state index in [4.69, 9.17) is 4.98 Å². The maximum Gasteiger partial charge on any atom is 0.145 e. The van der Waals surface area contributed by atoms with Crippen LogP contribution in [0.3, 0.4) is 0 Å². The molecule has 2 heteroatoms. The fraction of sp³-hybridized carbons (Fsp3) is 0.0179. The zero-order chi connectivity index (χ0) is 38.0. The Morgan fingerprint density at radius 1 is 0.362 bits per heavy atom. The van der Waals surface area contributed by atoms with E-state index in [0.29, 0.717) is 0 Å². The highest BCUT2D eigenvalue weighted by atomic mass is 15.1. The number of hydrogen-bond acceptors (Lipinski definition) is 1. The Morgan fingerprint density at radius 3 is 1.59 bits per heavy atom. The highest BCUT2D eigenvalue weighted by Gasteiger charge is 2.54. The summed E-state index contributed by atoms with van der Waals surface area (Å²) >= 11 is 0. The zero-order valence-corrected chi connectivity index (χ0v) is 31.5. The van der Waals surface area contributed by atoms with E-state index >= 15 is 0 Å². The molecule has 0 saturated heterocycles. The first-order valence-corrected chi connectivity index (χ1v) is 20.1. The molecular formula is C56H34N2. The van der Waals surface area contributed by atoms with Gasteiger partial charge in [0.05, 0.1) is 16.4 Å². The van der Waals surface area contributed by atoms with Gasteiger partial charge in [0, 0.05) is 11.3 Å². The summed E-state index contributed by atoms with van der Waals surface area (Å²) in [5.41, 5.74) is 17.0. The Kier molecular flexibility index (Phi) is 6.40. The molecule has 0 aliphatic heterocycles. The smallest absolute Gasteiger partial charge is 0.145 e. The van der Waals surface area contributed by atoms with Crippen LogP contribution in [0.5, 0.6) is 0 Å². The normalized spacial score (nSPS) is 13.3. The van der Waals surface area contributed by atoms with E-state index in [0.717, 1.165) is 28.1 Å². The van der Waals surface area contributed by atoms with Crippen molar-refractivity contribution < 1.29 is 0 Å². The van der Waals surface area contributed by atoms with Crippen LogP contribution in [0.25, 0.3) is 93.8 Å². The molecule has 0 fully saturated rings. The molecule has 13 rings (SSSR count). The van der Waals surface area contributed by atoms with Gasteiger partial charge >= 0.3 is 0 Å². The molecule has 1 aromatic heterocycles. The van der Waals surface area contributed by atoms with Crippen molar-refractivity contribution in [3.63, 3.8) is 0 Å². The van der Waals surface area contributed by atoms with E-state index in [2.05, 4.69) is 211 Å². The van der Waals surface area contributed by atoms with Gasteiger partial charge in [-0.15, -0.1) is 0 Å². The molecule has 0 bridgehead atoms. The quantitative estimate of drug-likeness (QED) is 0.165. The average Bonchev–Trinajstić information content (AvgIpc) is 3.94. The average molecular weight is 735 g/mol. The van der Waals surface area contributed by atoms with Crippen molar-refractivity contribution in [2.24, 2.45) is 0 Å². The summed E-state index contributed by atoms with van der Waals surface area (Å²) < 4.78 is 2.28. The molecule has 0 radical (unpaired) electrons. The van der Waals surface area contributed by atoms with Crippen LogP contribution >= 0.6 is 0 Å². The van der Waals surface area contributed by atoms with Crippen molar-refractivity contribution in [3.8, 4) is 50.5 Å². The number of aromatic nitrogens is 2. The van der Waals surface area contributed by atoms with Crippen LogP contribution in [-0.2, 0) is 5.41 Å². The lowest BCUT2D eigenvalue weighted by molar-refractivity contribution is 0.809. The lowest BCUT2D eigenvalue weighted by Gasteiger charge is -2.33. The third-order valence-electron chi connectivity index (χ3n) is 13.0. The number of rotatable bonds is 3. The van der Waals surface area contributed by atoms with Gasteiger partial charge in [-0.25, -0.2) is 4.98 Å². The number of imidazole rings is 1. The SMILES string of the molecule is c1ccc(-n2c(-c3ccc(-c4cc5c(c6ccccc46)C4(c6ccccc6-c6ccccc64)c4c-5c5ccccc5c5ccccc45)cc3)nc3ccccc32)cc1. The minimum Gasteiger partial charge on any atom is -0.292 e. The van der Waals surface area contributed by atoms with E-state index in [1.54, 1.807) is 0 Å². The second kappa shape index (κ2) is 11.7. The van der Waals surface area contributed by atoms with E-state index in [1.165, 1.54) is 88.0 Å². The Labute approximate surface area is 335 Å². The summed E-state index contributed by atoms with van der Waals surface area (Å²) in [6, 6.07) is 76.1. The molecule has 10 aromatic carbocycles. The Balaban J connectivity index is 1.12. The lowest BCUT2D eigenvalue weighted by atomic mass is 9.68. The van der Waals surface area contributed by atoms with Crippen LogP contribution < -0.4 is 0 Å². The summed E-state index contributed by atoms with van der Waals surface area (Å²) in [6.07, 6.45) is 0. The van der Waals surface area contributed by atoms with Crippen LogP contribution in [0, 0.1) is 0 Å². The largest absolute Gasteiger partial charge is 0.292 e. The molecule has 0 atom stereocenters. The van der Waals surface area contributed by atoms with Gasteiger partial charge in [-0.2, -0.15) is 0 Å². The van der Waals surface area contributed by atoms with Gasteiger partial charge in [-0.1, -0.05) is 176 Å². The minimum atomic E-state index is -0.500. The Bertz CT molecular complexity index is 3450. The first-order chi connectivity index (χ1) is 28.8. The topological polar surface area (TPSA) is 17.8 Å². The van der Waals surface area contributed by atoms with Crippen LogP contribution in [-0.4, -0.2) is 9.55 Å². The molecule has 58 heavy (non-hydrogen) atoms. The molecule has 268 valence electrons. The number of benzene rings is 10. The van der Waals surface area contributed by atoms with Gasteiger partial charge in [0.2, 0.25) is 0 Å². The summed E-state index contributed by atoms with van der Waals surface area (Å²) in [4.78, 5) is 5.18. The maximum atomic E-state index is 5.18. The maximum absolute atomic E-state index is 5.18. The second-order valence-corrected chi connectivity index (χ2v) is 15.7. The van der Waals surface area contributed by atoms with Gasteiger partial charge in [-0.3, -0.25) is 4.57 Å². The molecule has 2 nitrogen and oxygen atoms in total. The summed E-state index contributed by atoms with van der Waals surface area (Å²) in [5.74, 6) is 0.936. The Hall–Kier alpha value is -7.55. The second-order valence-electron chi connectivity index (χ2n) is 15.7. The molecule has 0 amide bonds. The molecular weight excluding hydrogens is 701 g/mol. The van der Waals surface area contributed by atoms with Crippen LogP contribution in [0.15, 0.2) is 206 Å². The van der Waals surface area contributed by atoms with Crippen molar-refractivity contribution in [1.29, 1.82) is 0 Å². The van der Waals surface area contributed by atoms with Crippen molar-refractivity contribution in [1.82, 2.24) is 9.55 Å². The third-order valence-corrected chi connectivity index (χ3v) is 13.0. The van der Waals surface area contributed by atoms with E-state index in [9.17, 15) is 0 Å². The predicted octanol–water partition coefficient (Wildman–Crippen LogP) is 14.2. The van der Waals surface area contributed by atoms with Crippen molar-refractivity contribution in [3.05, 3.63) is 229 Å². The number of para-hydroxylation sites is 3. The van der Waals surface area contributed by atoms with Gasteiger partial charge in [0.1, 0.15) is 5.82 Å². The van der Waals surface area contributed by atoms with E-state index < -0.39 is 5.41 Å². The molecule has 2 aliphatic carbocycles. The monoisotopic (exact) mass is 734 g/mol. The standard InChI is InChI=1S/C56H34N2/c1-2-16-37(17-3-1)58-51-29-15-14-28-50(51)57-55(58)36-32-30-35(31-33-36)46-34-47-52-43-23-7-4-18-38(43)39-19-5-9-25-45(39)54(52)56(53(47)44-24-8-6-20-40(44)46)48-26-12-10-21-41(48)42-22-11-13-27-49(42)56/h1-34H. The molecule has 11 aromatic rings. The van der Waals surface area contributed by atoms with Gasteiger partial charge < -0.3 is 0 Å². The van der Waals surface area contributed by atoms with Crippen molar-refractivity contribution >= 4 is 43.4 Å².